The summed E-state index contributed by atoms with van der Waals surface area (Å²) in [5.74, 6) is 3.30. The number of hydrogen-bond acceptors (Lipinski definition) is 3. The highest BCUT2D eigenvalue weighted by Gasteiger charge is 2.30. The van der Waals surface area contributed by atoms with Crippen LogP contribution in [0.1, 0.15) is 36.0 Å². The Morgan fingerprint density at radius 3 is 2.41 bits per heavy atom. The van der Waals surface area contributed by atoms with E-state index in [1.54, 1.807) is 0 Å². The van der Waals surface area contributed by atoms with Crippen molar-refractivity contribution in [1.29, 1.82) is 0 Å². The van der Waals surface area contributed by atoms with E-state index in [-0.39, 0.29) is 5.91 Å². The van der Waals surface area contributed by atoms with Crippen molar-refractivity contribution in [3.63, 3.8) is 0 Å². The number of fused-ring (bicyclic) bond motifs is 1. The fourth-order valence-electron chi connectivity index (χ4n) is 5.32. The van der Waals surface area contributed by atoms with Gasteiger partial charge in [-0.25, -0.2) is 0 Å². The first-order chi connectivity index (χ1) is 17.9. The molecule has 0 atom stereocenters. The van der Waals surface area contributed by atoms with Crippen LogP contribution in [0.5, 0.6) is 5.75 Å². The Morgan fingerprint density at radius 1 is 0.973 bits per heavy atom. The summed E-state index contributed by atoms with van der Waals surface area (Å²) in [5.41, 5.74) is 7.31. The first-order valence-corrected chi connectivity index (χ1v) is 14.4. The van der Waals surface area contributed by atoms with Crippen LogP contribution in [-0.2, 0) is 11.3 Å². The van der Waals surface area contributed by atoms with E-state index in [0.717, 1.165) is 50.8 Å². The minimum Gasteiger partial charge on any atom is -0.493 e. The van der Waals surface area contributed by atoms with Crippen molar-refractivity contribution in [2.75, 3.05) is 37.5 Å². The Kier molecular flexibility index (Phi) is 7.73. The molecule has 2 heterocycles. The van der Waals surface area contributed by atoms with E-state index in [1.165, 1.54) is 35.5 Å². The first kappa shape index (κ1) is 25.6. The molecule has 0 bridgehead atoms. The van der Waals surface area contributed by atoms with E-state index in [4.69, 9.17) is 4.74 Å². The average Bonchev–Trinajstić information content (AvgIpc) is 3.13. The summed E-state index contributed by atoms with van der Waals surface area (Å²) in [4.78, 5) is 13.2. The third kappa shape index (κ3) is 6.28. The highest BCUT2D eigenvalue weighted by molar-refractivity contribution is 7.99. The normalized spacial score (nSPS) is 16.2. The van der Waals surface area contributed by atoms with Gasteiger partial charge < -0.3 is 14.5 Å². The van der Waals surface area contributed by atoms with Crippen LogP contribution in [0.25, 0.3) is 17.2 Å². The molecule has 37 heavy (non-hydrogen) atoms. The van der Waals surface area contributed by atoms with Gasteiger partial charge in [0.15, 0.2) is 0 Å². The maximum absolute atomic E-state index is 13.2. The lowest BCUT2D eigenvalue weighted by molar-refractivity contribution is -0.928. The molecule has 2 aliphatic rings. The zero-order valence-corrected chi connectivity index (χ0v) is 22.9. The second kappa shape index (κ2) is 11.2. The first-order valence-electron chi connectivity index (χ1n) is 13.2. The maximum atomic E-state index is 13.2. The van der Waals surface area contributed by atoms with Crippen LogP contribution >= 0.6 is 11.8 Å². The van der Waals surface area contributed by atoms with Gasteiger partial charge >= 0.3 is 0 Å². The lowest BCUT2D eigenvalue weighted by Crippen LogP contribution is -2.49. The monoisotopic (exact) mass is 513 g/mol. The number of thioether (sulfide) groups is 1. The van der Waals surface area contributed by atoms with Crippen molar-refractivity contribution in [3.8, 4) is 16.9 Å². The van der Waals surface area contributed by atoms with Crippen LogP contribution in [0.15, 0.2) is 72.3 Å². The highest BCUT2D eigenvalue weighted by atomic mass is 32.2. The Morgan fingerprint density at radius 2 is 1.68 bits per heavy atom. The molecular weight excluding hydrogens is 476 g/mol. The number of carbonyl (C=O) groups excluding carboxylic acids is 1. The van der Waals surface area contributed by atoms with E-state index in [0.29, 0.717) is 13.0 Å². The summed E-state index contributed by atoms with van der Waals surface area (Å²) in [6.45, 7) is 3.58. The molecule has 3 aromatic carbocycles. The molecule has 4 nitrogen and oxygen atoms in total. The second-order valence-corrected chi connectivity index (χ2v) is 12.0. The summed E-state index contributed by atoms with van der Waals surface area (Å²) in [6, 6.07) is 23.8. The van der Waals surface area contributed by atoms with Crippen LogP contribution in [0, 0.1) is 6.92 Å². The zero-order valence-electron chi connectivity index (χ0n) is 22.1. The number of aryl methyl sites for hydroxylation is 1. The summed E-state index contributed by atoms with van der Waals surface area (Å²) in [7, 11) is 4.69. The van der Waals surface area contributed by atoms with Gasteiger partial charge in [-0.2, -0.15) is 11.8 Å². The minimum atomic E-state index is -0.0687. The Bertz CT molecular complexity index is 1270. The van der Waals surface area contributed by atoms with Gasteiger partial charge in [0.2, 0.25) is 0 Å². The number of anilines is 1. The van der Waals surface area contributed by atoms with Gasteiger partial charge in [-0.05, 0) is 59.9 Å². The molecule has 192 valence electrons. The standard InChI is InChI=1S/C32H36N2O2S/c1-23-4-8-25(9-5-23)26-10-13-31-28(20-26)21-27(14-17-36-31)32(35)33-29-11-6-24(7-12-29)22-34(2,3)30-15-18-37-19-16-30/h4-13,20-21,30H,14-19,22H2,1-3H3/p+1. The largest absolute Gasteiger partial charge is 0.493 e. The Labute approximate surface area is 225 Å². The number of nitrogens with zero attached hydrogens (tertiary/aromatic N) is 1. The lowest BCUT2D eigenvalue weighted by atomic mass is 10.00. The number of hydrogen-bond donors (Lipinski definition) is 1. The molecule has 1 saturated heterocycles. The van der Waals surface area contributed by atoms with Crippen molar-refractivity contribution < 1.29 is 14.0 Å². The van der Waals surface area contributed by atoms with Gasteiger partial charge in [0.05, 0.1) is 26.7 Å². The zero-order chi connectivity index (χ0) is 25.8. The third-order valence-electron chi connectivity index (χ3n) is 7.63. The third-order valence-corrected chi connectivity index (χ3v) is 8.68. The number of nitrogens with one attached hydrogen (secondary N) is 1. The van der Waals surface area contributed by atoms with E-state index < -0.39 is 0 Å². The van der Waals surface area contributed by atoms with Crippen LogP contribution in [0.3, 0.4) is 0 Å². The lowest BCUT2D eigenvalue weighted by Gasteiger charge is -2.40. The number of rotatable bonds is 6. The molecule has 2 aliphatic heterocycles. The molecule has 0 aromatic heterocycles. The van der Waals surface area contributed by atoms with Gasteiger partial charge in [-0.15, -0.1) is 0 Å². The van der Waals surface area contributed by atoms with Gasteiger partial charge in [0.25, 0.3) is 5.91 Å². The molecule has 1 N–H and O–H groups in total. The summed E-state index contributed by atoms with van der Waals surface area (Å²) >= 11 is 2.08. The summed E-state index contributed by atoms with van der Waals surface area (Å²) in [5, 5.41) is 3.11. The number of amides is 1. The smallest absolute Gasteiger partial charge is 0.251 e. The topological polar surface area (TPSA) is 38.3 Å². The van der Waals surface area contributed by atoms with E-state index in [2.05, 4.69) is 86.6 Å². The highest BCUT2D eigenvalue weighted by Crippen LogP contribution is 2.32. The minimum absolute atomic E-state index is 0.0687. The summed E-state index contributed by atoms with van der Waals surface area (Å²) < 4.78 is 6.98. The van der Waals surface area contributed by atoms with E-state index in [1.807, 2.05) is 24.3 Å². The fourth-order valence-corrected chi connectivity index (χ4v) is 6.40. The van der Waals surface area contributed by atoms with Crippen LogP contribution in [-0.4, -0.2) is 48.6 Å². The van der Waals surface area contributed by atoms with Crippen molar-refractivity contribution in [3.05, 3.63) is 89.0 Å². The van der Waals surface area contributed by atoms with Gasteiger partial charge in [0.1, 0.15) is 12.3 Å². The quantitative estimate of drug-likeness (QED) is 0.363. The summed E-state index contributed by atoms with van der Waals surface area (Å²) in [6.07, 6.45) is 5.14. The van der Waals surface area contributed by atoms with Crippen LogP contribution in [0.2, 0.25) is 0 Å². The molecule has 5 heteroatoms. The van der Waals surface area contributed by atoms with Crippen molar-refractivity contribution in [1.82, 2.24) is 0 Å². The second-order valence-electron chi connectivity index (χ2n) is 10.8. The molecular formula is C32H37N2O2S+. The molecule has 0 unspecified atom stereocenters. The predicted octanol–water partition coefficient (Wildman–Crippen LogP) is 6.94. The SMILES string of the molecule is Cc1ccc(-c2ccc3c(c2)C=C(C(=O)Nc2ccc(C[N+](C)(C)C4CCSCC4)cc2)CCO3)cc1. The number of quaternary nitrogens is 1. The molecule has 1 fully saturated rings. The molecule has 3 aromatic rings. The average molecular weight is 514 g/mol. The fraction of sp³-hybridized carbons (Fsp3) is 0.344. The molecule has 0 radical (unpaired) electrons. The van der Waals surface area contributed by atoms with Gasteiger partial charge in [-0.3, -0.25) is 4.79 Å². The van der Waals surface area contributed by atoms with Crippen molar-refractivity contribution >= 4 is 29.4 Å². The molecule has 0 spiro atoms. The maximum Gasteiger partial charge on any atom is 0.251 e. The van der Waals surface area contributed by atoms with Crippen molar-refractivity contribution in [2.24, 2.45) is 0 Å². The molecule has 0 saturated carbocycles. The molecule has 5 rings (SSSR count). The Balaban J connectivity index is 1.27. The van der Waals surface area contributed by atoms with Crippen LogP contribution < -0.4 is 10.1 Å². The number of ether oxygens (including phenoxy) is 1. The molecule has 1 amide bonds. The van der Waals surface area contributed by atoms with Gasteiger partial charge in [0, 0.05) is 41.6 Å². The number of carbonyl (C=O) groups is 1. The van der Waals surface area contributed by atoms with Crippen LogP contribution in [0.4, 0.5) is 5.69 Å². The van der Waals surface area contributed by atoms with Crippen molar-refractivity contribution in [2.45, 2.75) is 38.8 Å². The Hall–Kier alpha value is -3.02. The molecule has 0 aliphatic carbocycles. The number of benzene rings is 3. The van der Waals surface area contributed by atoms with E-state index in [9.17, 15) is 4.79 Å². The predicted molar refractivity (Wildman–Crippen MR) is 156 cm³/mol. The van der Waals surface area contributed by atoms with E-state index >= 15 is 0 Å². The van der Waals surface area contributed by atoms with Gasteiger partial charge in [-0.1, -0.05) is 48.0 Å².